The first kappa shape index (κ1) is 13.3. The molecule has 0 bridgehead atoms. The zero-order valence-corrected chi connectivity index (χ0v) is 8.85. The lowest BCUT2D eigenvalue weighted by molar-refractivity contribution is -0.163. The number of alkyl halides is 3. The van der Waals surface area contributed by atoms with Crippen molar-refractivity contribution in [2.45, 2.75) is 52.4 Å². The van der Waals surface area contributed by atoms with E-state index in [4.69, 9.17) is 0 Å². The monoisotopic (exact) mass is 211 g/mol. The number of carbonyl (C=O) groups is 1. The highest BCUT2D eigenvalue weighted by atomic mass is 19.4. The molecule has 0 saturated carbocycles. The van der Waals surface area contributed by atoms with Gasteiger partial charge in [-0.1, -0.05) is 0 Å². The van der Waals surface area contributed by atoms with Gasteiger partial charge in [0.25, 0.3) is 0 Å². The maximum atomic E-state index is 11.9. The van der Waals surface area contributed by atoms with Crippen LogP contribution >= 0.6 is 0 Å². The molecule has 2 nitrogen and oxygen atoms in total. The molecule has 0 saturated heterocycles. The molecule has 0 fully saturated rings. The molecule has 0 heterocycles. The van der Waals surface area contributed by atoms with Gasteiger partial charge in [-0.3, -0.25) is 4.79 Å². The summed E-state index contributed by atoms with van der Waals surface area (Å²) in [7, 11) is 0. The first-order chi connectivity index (χ1) is 6.15. The molecule has 0 aliphatic rings. The molecule has 0 N–H and O–H groups in total. The second-order valence-electron chi connectivity index (χ2n) is 3.78. The van der Waals surface area contributed by atoms with Crippen LogP contribution < -0.4 is 0 Å². The number of nitrogens with zero attached hydrogens (tertiary/aromatic N) is 1. The van der Waals surface area contributed by atoms with Crippen LogP contribution in [-0.4, -0.2) is 29.1 Å². The van der Waals surface area contributed by atoms with Gasteiger partial charge in [0.1, 0.15) is 6.42 Å². The first-order valence-electron chi connectivity index (χ1n) is 4.53. The number of halogens is 3. The highest BCUT2D eigenvalue weighted by molar-refractivity contribution is 5.77. The normalized spacial score (nSPS) is 12.4. The Morgan fingerprint density at radius 1 is 1.14 bits per heavy atom. The van der Waals surface area contributed by atoms with Crippen molar-refractivity contribution >= 4 is 5.91 Å². The Labute approximate surface area is 82.1 Å². The van der Waals surface area contributed by atoms with Crippen molar-refractivity contribution in [1.29, 1.82) is 0 Å². The second kappa shape index (κ2) is 4.66. The van der Waals surface area contributed by atoms with E-state index in [2.05, 4.69) is 0 Å². The van der Waals surface area contributed by atoms with Gasteiger partial charge in [-0.25, -0.2) is 0 Å². The van der Waals surface area contributed by atoms with Crippen LogP contribution in [0.4, 0.5) is 13.2 Å². The van der Waals surface area contributed by atoms with E-state index in [0.29, 0.717) is 0 Å². The molecule has 0 radical (unpaired) electrons. The zero-order valence-electron chi connectivity index (χ0n) is 8.85. The molecular formula is C9H16F3NO. The summed E-state index contributed by atoms with van der Waals surface area (Å²) in [4.78, 5) is 12.5. The molecule has 0 aromatic rings. The van der Waals surface area contributed by atoms with Crippen LogP contribution in [0, 0.1) is 0 Å². The summed E-state index contributed by atoms with van der Waals surface area (Å²) in [5, 5.41) is 0. The number of amides is 1. The Morgan fingerprint density at radius 3 is 1.71 bits per heavy atom. The van der Waals surface area contributed by atoms with Crippen LogP contribution in [0.25, 0.3) is 0 Å². The van der Waals surface area contributed by atoms with Gasteiger partial charge in [0.15, 0.2) is 0 Å². The van der Waals surface area contributed by atoms with E-state index in [0.717, 1.165) is 0 Å². The average molecular weight is 211 g/mol. The SMILES string of the molecule is CC(C)N(C(=O)CC(F)(F)F)C(C)C. The summed E-state index contributed by atoms with van der Waals surface area (Å²) in [6.45, 7) is 6.81. The van der Waals surface area contributed by atoms with Crippen molar-refractivity contribution in [2.75, 3.05) is 0 Å². The Hall–Kier alpha value is -0.740. The fourth-order valence-electron chi connectivity index (χ4n) is 1.44. The van der Waals surface area contributed by atoms with E-state index in [1.165, 1.54) is 4.90 Å². The molecule has 0 unspecified atom stereocenters. The van der Waals surface area contributed by atoms with Crippen LogP contribution in [0.2, 0.25) is 0 Å². The lowest BCUT2D eigenvalue weighted by Crippen LogP contribution is -2.43. The van der Waals surface area contributed by atoms with E-state index in [1.54, 1.807) is 27.7 Å². The molecule has 5 heteroatoms. The Bertz CT molecular complexity index is 191. The van der Waals surface area contributed by atoms with Crippen molar-refractivity contribution in [3.05, 3.63) is 0 Å². The number of hydrogen-bond acceptors (Lipinski definition) is 1. The van der Waals surface area contributed by atoms with Crippen molar-refractivity contribution in [3.63, 3.8) is 0 Å². The third-order valence-corrected chi connectivity index (χ3v) is 1.75. The van der Waals surface area contributed by atoms with Crippen LogP contribution in [-0.2, 0) is 4.79 Å². The van der Waals surface area contributed by atoms with Gasteiger partial charge in [0.2, 0.25) is 5.91 Å². The van der Waals surface area contributed by atoms with Crippen LogP contribution in [0.1, 0.15) is 34.1 Å². The quantitative estimate of drug-likeness (QED) is 0.702. The molecule has 1 amide bonds. The highest BCUT2D eigenvalue weighted by Gasteiger charge is 2.34. The Balaban J connectivity index is 4.47. The minimum absolute atomic E-state index is 0.204. The molecular weight excluding hydrogens is 195 g/mol. The lowest BCUT2D eigenvalue weighted by Gasteiger charge is -2.31. The summed E-state index contributed by atoms with van der Waals surface area (Å²) in [6, 6.07) is -0.408. The van der Waals surface area contributed by atoms with Crippen LogP contribution in [0.5, 0.6) is 0 Å². The van der Waals surface area contributed by atoms with E-state index in [9.17, 15) is 18.0 Å². The number of hydrogen-bond donors (Lipinski definition) is 0. The Morgan fingerprint density at radius 2 is 1.50 bits per heavy atom. The molecule has 84 valence electrons. The largest absolute Gasteiger partial charge is 0.397 e. The van der Waals surface area contributed by atoms with E-state index >= 15 is 0 Å². The minimum atomic E-state index is -4.42. The van der Waals surface area contributed by atoms with Crippen molar-refractivity contribution in [1.82, 2.24) is 4.90 Å². The minimum Gasteiger partial charge on any atom is -0.338 e. The summed E-state index contributed by atoms with van der Waals surface area (Å²) in [5.41, 5.74) is 0. The molecule has 0 aliphatic heterocycles. The molecule has 0 aromatic carbocycles. The fourth-order valence-corrected chi connectivity index (χ4v) is 1.44. The maximum absolute atomic E-state index is 11.9. The van der Waals surface area contributed by atoms with Gasteiger partial charge in [-0.2, -0.15) is 13.2 Å². The van der Waals surface area contributed by atoms with Crippen LogP contribution in [0.15, 0.2) is 0 Å². The van der Waals surface area contributed by atoms with E-state index < -0.39 is 18.5 Å². The van der Waals surface area contributed by atoms with Gasteiger partial charge >= 0.3 is 6.18 Å². The van der Waals surface area contributed by atoms with Gasteiger partial charge < -0.3 is 4.90 Å². The Kier molecular flexibility index (Phi) is 4.42. The van der Waals surface area contributed by atoms with Gasteiger partial charge in [0, 0.05) is 12.1 Å². The standard InChI is InChI=1S/C9H16F3NO/c1-6(2)13(7(3)4)8(14)5-9(10,11)12/h6-7H,5H2,1-4H3. The maximum Gasteiger partial charge on any atom is 0.397 e. The smallest absolute Gasteiger partial charge is 0.338 e. The topological polar surface area (TPSA) is 20.3 Å². The van der Waals surface area contributed by atoms with Crippen molar-refractivity contribution in [2.24, 2.45) is 0 Å². The molecule has 0 rings (SSSR count). The van der Waals surface area contributed by atoms with Crippen molar-refractivity contribution < 1.29 is 18.0 Å². The summed E-state index contributed by atoms with van der Waals surface area (Å²) in [5.74, 6) is -0.859. The third kappa shape index (κ3) is 4.48. The second-order valence-corrected chi connectivity index (χ2v) is 3.78. The van der Waals surface area contributed by atoms with Gasteiger partial charge in [-0.05, 0) is 27.7 Å². The van der Waals surface area contributed by atoms with Gasteiger partial charge in [-0.15, -0.1) is 0 Å². The van der Waals surface area contributed by atoms with E-state index in [-0.39, 0.29) is 12.1 Å². The third-order valence-electron chi connectivity index (χ3n) is 1.75. The van der Waals surface area contributed by atoms with Gasteiger partial charge in [0.05, 0.1) is 0 Å². The summed E-state index contributed by atoms with van der Waals surface area (Å²) >= 11 is 0. The number of rotatable bonds is 3. The summed E-state index contributed by atoms with van der Waals surface area (Å²) in [6.07, 6.45) is -5.79. The molecule has 0 aromatic heterocycles. The zero-order chi connectivity index (χ0) is 11.5. The fraction of sp³-hybridized carbons (Fsp3) is 0.889. The van der Waals surface area contributed by atoms with Crippen LogP contribution in [0.3, 0.4) is 0 Å². The summed E-state index contributed by atoms with van der Waals surface area (Å²) < 4.78 is 35.8. The molecule has 0 spiro atoms. The first-order valence-corrected chi connectivity index (χ1v) is 4.53. The lowest BCUT2D eigenvalue weighted by atomic mass is 10.2. The molecule has 0 aliphatic carbocycles. The number of carbonyl (C=O) groups excluding carboxylic acids is 1. The predicted octanol–water partition coefficient (Wildman–Crippen LogP) is 2.58. The predicted molar refractivity (Wildman–Crippen MR) is 47.8 cm³/mol. The molecule has 0 atom stereocenters. The average Bonchev–Trinajstić information content (AvgIpc) is 1.78. The highest BCUT2D eigenvalue weighted by Crippen LogP contribution is 2.22. The van der Waals surface area contributed by atoms with Crippen molar-refractivity contribution in [3.8, 4) is 0 Å². The van der Waals surface area contributed by atoms with E-state index in [1.807, 2.05) is 0 Å². The molecule has 14 heavy (non-hydrogen) atoms.